The Morgan fingerprint density at radius 1 is 1.42 bits per heavy atom. The van der Waals surface area contributed by atoms with Crippen LogP contribution >= 0.6 is 0 Å². The highest BCUT2D eigenvalue weighted by Crippen LogP contribution is 2.15. The minimum Gasteiger partial charge on any atom is -0.481 e. The fourth-order valence-corrected chi connectivity index (χ4v) is 1.53. The van der Waals surface area contributed by atoms with Crippen molar-refractivity contribution in [3.05, 3.63) is 52.1 Å². The zero-order chi connectivity index (χ0) is 14.0. The van der Waals surface area contributed by atoms with E-state index < -0.39 is 22.9 Å². The second-order valence-electron chi connectivity index (χ2n) is 3.60. The van der Waals surface area contributed by atoms with E-state index >= 15 is 0 Å². The summed E-state index contributed by atoms with van der Waals surface area (Å²) in [7, 11) is 1.30. The van der Waals surface area contributed by atoms with Gasteiger partial charge in [0.25, 0.3) is 0 Å². The number of halogens is 1. The number of carboxylic acids is 1. The van der Waals surface area contributed by atoms with E-state index in [1.807, 2.05) is 0 Å². The van der Waals surface area contributed by atoms with Crippen LogP contribution in [0.25, 0.3) is 5.69 Å². The number of benzene rings is 1. The minimum absolute atomic E-state index is 0.0144. The van der Waals surface area contributed by atoms with Gasteiger partial charge in [0, 0.05) is 0 Å². The summed E-state index contributed by atoms with van der Waals surface area (Å²) >= 11 is 0. The molecule has 0 saturated carbocycles. The second kappa shape index (κ2) is 4.89. The molecule has 7 heteroatoms. The topological polar surface area (TPSA) is 81.4 Å². The maximum absolute atomic E-state index is 13.2. The van der Waals surface area contributed by atoms with E-state index in [4.69, 9.17) is 9.84 Å². The molecule has 0 radical (unpaired) electrons. The van der Waals surface area contributed by atoms with Crippen molar-refractivity contribution in [1.29, 1.82) is 0 Å². The lowest BCUT2D eigenvalue weighted by molar-refractivity contribution is 0.0686. The summed E-state index contributed by atoms with van der Waals surface area (Å²) in [5.74, 6) is -1.96. The van der Waals surface area contributed by atoms with Crippen molar-refractivity contribution in [2.45, 2.75) is 0 Å². The Hall–Kier alpha value is -2.70. The molecular weight excluding hydrogens is 255 g/mol. The number of ether oxygens (including phenoxy) is 1. The van der Waals surface area contributed by atoms with Gasteiger partial charge in [-0.3, -0.25) is 4.79 Å². The van der Waals surface area contributed by atoms with Crippen LogP contribution in [-0.2, 0) is 0 Å². The first-order valence-corrected chi connectivity index (χ1v) is 5.20. The van der Waals surface area contributed by atoms with Crippen LogP contribution < -0.4 is 10.2 Å². The Bertz CT molecular complexity index is 696. The highest BCUT2D eigenvalue weighted by atomic mass is 19.1. The van der Waals surface area contributed by atoms with E-state index in [1.54, 1.807) is 0 Å². The van der Waals surface area contributed by atoms with Gasteiger partial charge in [-0.25, -0.2) is 9.18 Å². The molecule has 1 heterocycles. The van der Waals surface area contributed by atoms with Crippen LogP contribution in [0.2, 0.25) is 0 Å². The monoisotopic (exact) mass is 264 g/mol. The number of methoxy groups -OCH3 is 1. The van der Waals surface area contributed by atoms with Gasteiger partial charge in [-0.15, -0.1) is 0 Å². The van der Waals surface area contributed by atoms with E-state index in [0.717, 1.165) is 16.8 Å². The molecule has 2 aromatic rings. The molecule has 98 valence electrons. The number of carbonyl (C=O) groups is 1. The van der Waals surface area contributed by atoms with Gasteiger partial charge in [0.1, 0.15) is 5.82 Å². The molecule has 0 aliphatic carbocycles. The lowest BCUT2D eigenvalue weighted by Gasteiger charge is -2.11. The van der Waals surface area contributed by atoms with E-state index in [0.29, 0.717) is 0 Å². The van der Waals surface area contributed by atoms with Gasteiger partial charge in [0.05, 0.1) is 18.9 Å². The number of hydrogen-bond acceptors (Lipinski definition) is 4. The third-order valence-corrected chi connectivity index (χ3v) is 2.36. The first kappa shape index (κ1) is 12.7. The van der Waals surface area contributed by atoms with Crippen LogP contribution in [0.3, 0.4) is 0 Å². The molecule has 0 unspecified atom stereocenters. The summed E-state index contributed by atoms with van der Waals surface area (Å²) in [5.41, 5.74) is -1.19. The molecule has 0 fully saturated rings. The molecule has 0 aliphatic heterocycles. The van der Waals surface area contributed by atoms with E-state index in [9.17, 15) is 14.0 Å². The highest BCUT2D eigenvalue weighted by Gasteiger charge is 2.16. The molecule has 0 spiro atoms. The maximum atomic E-state index is 13.2. The van der Waals surface area contributed by atoms with Crippen LogP contribution in [0.4, 0.5) is 4.39 Å². The summed E-state index contributed by atoms with van der Waals surface area (Å²) in [6.07, 6.45) is 0. The Kier molecular flexibility index (Phi) is 3.28. The van der Waals surface area contributed by atoms with Crippen LogP contribution in [-0.4, -0.2) is 28.0 Å². The van der Waals surface area contributed by atoms with Gasteiger partial charge in [-0.2, -0.15) is 9.78 Å². The third-order valence-electron chi connectivity index (χ3n) is 2.36. The van der Waals surface area contributed by atoms with Gasteiger partial charge >= 0.3 is 5.97 Å². The molecular formula is C12H9FN2O4. The molecule has 0 aliphatic rings. The average molecular weight is 264 g/mol. The Morgan fingerprint density at radius 2 is 2.16 bits per heavy atom. The van der Waals surface area contributed by atoms with Crippen molar-refractivity contribution in [2.24, 2.45) is 0 Å². The van der Waals surface area contributed by atoms with Crippen molar-refractivity contribution in [3.8, 4) is 11.6 Å². The molecule has 2 rings (SSSR count). The van der Waals surface area contributed by atoms with Crippen LogP contribution in [0, 0.1) is 5.82 Å². The average Bonchev–Trinajstić information content (AvgIpc) is 2.37. The predicted octanol–water partition coefficient (Wildman–Crippen LogP) is 1.08. The predicted molar refractivity (Wildman–Crippen MR) is 63.3 cm³/mol. The summed E-state index contributed by atoms with van der Waals surface area (Å²) in [5, 5.41) is 12.5. The van der Waals surface area contributed by atoms with Crippen molar-refractivity contribution >= 4 is 5.97 Å². The summed E-state index contributed by atoms with van der Waals surface area (Å²) in [6.45, 7) is 0. The van der Waals surface area contributed by atoms with Crippen molar-refractivity contribution in [3.63, 3.8) is 0 Å². The molecule has 19 heavy (non-hydrogen) atoms. The standard InChI is InChI=1S/C12H9FN2O4/c1-19-10-6-9(16)11(12(17)18)14-15(10)8-4-2-3-7(13)5-8/h2-6H,1H3,(H,17,18). The lowest BCUT2D eigenvalue weighted by Crippen LogP contribution is -2.22. The quantitative estimate of drug-likeness (QED) is 0.897. The maximum Gasteiger partial charge on any atom is 0.360 e. The van der Waals surface area contributed by atoms with Gasteiger partial charge < -0.3 is 9.84 Å². The summed E-state index contributed by atoms with van der Waals surface area (Å²) in [6, 6.07) is 6.31. The number of hydrogen-bond donors (Lipinski definition) is 1. The Balaban J connectivity index is 2.71. The fourth-order valence-electron chi connectivity index (χ4n) is 1.53. The smallest absolute Gasteiger partial charge is 0.360 e. The first-order chi connectivity index (χ1) is 9.02. The van der Waals surface area contributed by atoms with Crippen molar-refractivity contribution < 1.29 is 19.0 Å². The number of aromatic nitrogens is 2. The van der Waals surface area contributed by atoms with E-state index in [-0.39, 0.29) is 11.6 Å². The van der Waals surface area contributed by atoms with Crippen LogP contribution in [0.1, 0.15) is 10.5 Å². The summed E-state index contributed by atoms with van der Waals surface area (Å²) in [4.78, 5) is 22.4. The second-order valence-corrected chi connectivity index (χ2v) is 3.60. The number of aromatic carboxylic acids is 1. The van der Waals surface area contributed by atoms with Crippen LogP contribution in [0.15, 0.2) is 35.1 Å². The van der Waals surface area contributed by atoms with Gasteiger partial charge in [0.15, 0.2) is 0 Å². The lowest BCUT2D eigenvalue weighted by atomic mass is 10.3. The van der Waals surface area contributed by atoms with Gasteiger partial charge in [-0.1, -0.05) is 6.07 Å². The Labute approximate surface area is 106 Å². The van der Waals surface area contributed by atoms with Gasteiger partial charge in [-0.05, 0) is 18.2 Å². The first-order valence-electron chi connectivity index (χ1n) is 5.20. The number of rotatable bonds is 3. The number of carboxylic acid groups (broad SMARTS) is 1. The molecule has 0 bridgehead atoms. The van der Waals surface area contributed by atoms with Crippen molar-refractivity contribution in [2.75, 3.05) is 7.11 Å². The van der Waals surface area contributed by atoms with E-state index in [2.05, 4.69) is 5.10 Å². The number of nitrogens with zero attached hydrogens (tertiary/aromatic N) is 2. The zero-order valence-corrected chi connectivity index (χ0v) is 9.83. The third kappa shape index (κ3) is 2.44. The molecule has 1 aromatic heterocycles. The van der Waals surface area contributed by atoms with E-state index in [1.165, 1.54) is 25.3 Å². The summed E-state index contributed by atoms with van der Waals surface area (Å²) < 4.78 is 19.2. The highest BCUT2D eigenvalue weighted by molar-refractivity contribution is 5.85. The van der Waals surface area contributed by atoms with Crippen molar-refractivity contribution in [1.82, 2.24) is 9.78 Å². The minimum atomic E-state index is -1.46. The van der Waals surface area contributed by atoms with Crippen LogP contribution in [0.5, 0.6) is 5.88 Å². The molecule has 0 saturated heterocycles. The molecule has 1 N–H and O–H groups in total. The fraction of sp³-hybridized carbons (Fsp3) is 0.0833. The Morgan fingerprint density at radius 3 is 2.74 bits per heavy atom. The molecule has 0 amide bonds. The molecule has 0 atom stereocenters. The molecule has 1 aromatic carbocycles. The SMILES string of the molecule is COc1cc(=O)c(C(=O)O)nn1-c1cccc(F)c1. The molecule has 6 nitrogen and oxygen atoms in total. The normalized spacial score (nSPS) is 10.2. The largest absolute Gasteiger partial charge is 0.481 e. The van der Waals surface area contributed by atoms with Gasteiger partial charge in [0.2, 0.25) is 17.0 Å². The zero-order valence-electron chi connectivity index (χ0n) is 9.83.